The second-order valence-electron chi connectivity index (χ2n) is 7.03. The molecule has 2 aromatic heterocycles. The van der Waals surface area contributed by atoms with Crippen molar-refractivity contribution in [2.45, 2.75) is 51.4 Å². The van der Waals surface area contributed by atoms with E-state index in [1.165, 1.54) is 6.92 Å². The monoisotopic (exact) mass is 424 g/mol. The van der Waals surface area contributed by atoms with E-state index in [-0.39, 0.29) is 5.91 Å². The molecule has 1 aliphatic rings. The highest BCUT2D eigenvalue weighted by molar-refractivity contribution is 7.99. The summed E-state index contributed by atoms with van der Waals surface area (Å²) in [5, 5.41) is 9.33. The van der Waals surface area contributed by atoms with Crippen molar-refractivity contribution in [2.75, 3.05) is 10.7 Å². The highest BCUT2D eigenvalue weighted by atomic mass is 32.2. The first-order valence-electron chi connectivity index (χ1n) is 10.1. The van der Waals surface area contributed by atoms with Crippen LogP contribution in [-0.4, -0.2) is 26.8 Å². The van der Waals surface area contributed by atoms with Crippen molar-refractivity contribution >= 4 is 23.4 Å². The van der Waals surface area contributed by atoms with Gasteiger partial charge in [0.25, 0.3) is 0 Å². The molecule has 1 atom stereocenters. The maximum absolute atomic E-state index is 12.7. The minimum atomic E-state index is -0.782. The Bertz CT molecular complexity index is 1040. The van der Waals surface area contributed by atoms with Gasteiger partial charge in [0.2, 0.25) is 23.2 Å². The fraction of sp³-hybridized carbons (Fsp3) is 0.364. The summed E-state index contributed by atoms with van der Waals surface area (Å²) >= 11 is 1.55. The molecule has 8 heteroatoms. The molecule has 7 nitrogen and oxygen atoms in total. The summed E-state index contributed by atoms with van der Waals surface area (Å²) in [6.45, 7) is 5.74. The quantitative estimate of drug-likeness (QED) is 0.405. The van der Waals surface area contributed by atoms with Gasteiger partial charge in [-0.3, -0.25) is 9.69 Å². The van der Waals surface area contributed by atoms with Gasteiger partial charge in [-0.1, -0.05) is 38.1 Å². The number of ether oxygens (including phenoxy) is 1. The first-order chi connectivity index (χ1) is 14.6. The van der Waals surface area contributed by atoms with Crippen LogP contribution in [0.1, 0.15) is 51.2 Å². The summed E-state index contributed by atoms with van der Waals surface area (Å²) in [5.74, 6) is 1.61. The first-order valence-corrected chi connectivity index (χ1v) is 11.1. The number of carbonyl (C=O) groups excluding carboxylic acids is 1. The van der Waals surface area contributed by atoms with Gasteiger partial charge >= 0.3 is 0 Å². The van der Waals surface area contributed by atoms with Crippen LogP contribution in [0.3, 0.4) is 0 Å². The number of carbonyl (C=O) groups is 1. The first kappa shape index (κ1) is 20.4. The molecule has 0 radical (unpaired) electrons. The van der Waals surface area contributed by atoms with Crippen molar-refractivity contribution in [3.63, 3.8) is 0 Å². The van der Waals surface area contributed by atoms with E-state index in [1.54, 1.807) is 35.1 Å². The zero-order chi connectivity index (χ0) is 21.1. The van der Waals surface area contributed by atoms with Crippen LogP contribution in [0.2, 0.25) is 0 Å². The second-order valence-corrected chi connectivity index (χ2v) is 8.09. The molecule has 0 aliphatic carbocycles. The van der Waals surface area contributed by atoms with Gasteiger partial charge in [0, 0.05) is 18.2 Å². The number of hydrogen-bond acceptors (Lipinski definition) is 7. The molecule has 1 unspecified atom stereocenters. The van der Waals surface area contributed by atoms with E-state index < -0.39 is 6.23 Å². The van der Waals surface area contributed by atoms with Gasteiger partial charge in [-0.05, 0) is 42.7 Å². The van der Waals surface area contributed by atoms with Gasteiger partial charge in [-0.2, -0.15) is 4.98 Å². The van der Waals surface area contributed by atoms with Gasteiger partial charge in [0.15, 0.2) is 11.5 Å². The number of fused-ring (bicyclic) bond motifs is 3. The summed E-state index contributed by atoms with van der Waals surface area (Å²) in [4.78, 5) is 18.9. The van der Waals surface area contributed by atoms with Crippen molar-refractivity contribution in [3.05, 3.63) is 47.9 Å². The van der Waals surface area contributed by atoms with Crippen LogP contribution in [0.4, 0.5) is 5.69 Å². The van der Waals surface area contributed by atoms with E-state index in [4.69, 9.17) is 9.15 Å². The largest absolute Gasteiger partial charge is 0.463 e. The molecule has 0 spiro atoms. The summed E-state index contributed by atoms with van der Waals surface area (Å²) in [7, 11) is 0. The predicted octanol–water partition coefficient (Wildman–Crippen LogP) is 5.03. The summed E-state index contributed by atoms with van der Waals surface area (Å²) < 4.78 is 11.9. The molecule has 4 rings (SSSR count). The molecule has 0 saturated heterocycles. The third-order valence-corrected chi connectivity index (χ3v) is 5.86. The van der Waals surface area contributed by atoms with Crippen LogP contribution in [0.5, 0.6) is 5.88 Å². The number of aromatic nitrogens is 3. The number of rotatable bonds is 6. The standard InChI is InChI=1S/C22H24N4O3S/c1-4-6-12-30-22-23-20-19(24-25-22)16-13-15(5-2)9-10-17(16)26(14(3)27)21(29-20)18-8-7-11-28-18/h7-11,13,21H,4-6,12H2,1-3H3. The van der Waals surface area contributed by atoms with E-state index >= 15 is 0 Å². The van der Waals surface area contributed by atoms with Crippen LogP contribution in [-0.2, 0) is 11.2 Å². The number of amides is 1. The number of nitrogens with zero attached hydrogens (tertiary/aromatic N) is 4. The van der Waals surface area contributed by atoms with Crippen molar-refractivity contribution in [2.24, 2.45) is 0 Å². The van der Waals surface area contributed by atoms with Crippen LogP contribution in [0.15, 0.2) is 46.2 Å². The van der Waals surface area contributed by atoms with Gasteiger partial charge in [0.1, 0.15) is 0 Å². The SMILES string of the molecule is CCCCSc1nnc2c(n1)OC(c1ccco1)N(C(C)=O)c1ccc(CC)cc1-2. The van der Waals surface area contributed by atoms with E-state index in [0.29, 0.717) is 28.2 Å². The van der Waals surface area contributed by atoms with Crippen molar-refractivity contribution in [3.8, 4) is 17.1 Å². The van der Waals surface area contributed by atoms with E-state index in [0.717, 1.165) is 36.1 Å². The fourth-order valence-corrected chi connectivity index (χ4v) is 4.22. The Kier molecular flexibility index (Phi) is 6.03. The molecule has 1 aliphatic heterocycles. The number of unbranched alkanes of at least 4 members (excludes halogenated alkanes) is 1. The molecule has 30 heavy (non-hydrogen) atoms. The van der Waals surface area contributed by atoms with Gasteiger partial charge in [-0.25, -0.2) is 0 Å². The molecular weight excluding hydrogens is 400 g/mol. The molecule has 3 aromatic rings. The number of anilines is 1. The number of thioether (sulfide) groups is 1. The third kappa shape index (κ3) is 3.92. The lowest BCUT2D eigenvalue weighted by atomic mass is 10.0. The molecule has 156 valence electrons. The molecule has 0 saturated carbocycles. The molecule has 0 fully saturated rings. The van der Waals surface area contributed by atoms with Crippen LogP contribution >= 0.6 is 11.8 Å². The van der Waals surface area contributed by atoms with E-state index in [1.807, 2.05) is 18.2 Å². The third-order valence-electron chi connectivity index (χ3n) is 4.93. The molecule has 3 heterocycles. The Hall–Kier alpha value is -2.87. The van der Waals surface area contributed by atoms with E-state index in [9.17, 15) is 4.79 Å². The topological polar surface area (TPSA) is 81.3 Å². The number of furan rings is 1. The fourth-order valence-electron chi connectivity index (χ4n) is 3.36. The Morgan fingerprint density at radius 1 is 1.23 bits per heavy atom. The minimum Gasteiger partial charge on any atom is -0.463 e. The second kappa shape index (κ2) is 8.87. The highest BCUT2D eigenvalue weighted by Crippen LogP contribution is 2.44. The number of hydrogen-bond donors (Lipinski definition) is 0. The Balaban J connectivity index is 1.87. The smallest absolute Gasteiger partial charge is 0.247 e. The lowest BCUT2D eigenvalue weighted by Gasteiger charge is -2.28. The van der Waals surface area contributed by atoms with Crippen LogP contribution < -0.4 is 9.64 Å². The normalized spacial score (nSPS) is 15.2. The molecule has 0 N–H and O–H groups in total. The number of aryl methyl sites for hydroxylation is 1. The van der Waals surface area contributed by atoms with Crippen LogP contribution in [0, 0.1) is 0 Å². The lowest BCUT2D eigenvalue weighted by Crippen LogP contribution is -2.35. The summed E-state index contributed by atoms with van der Waals surface area (Å²) in [6, 6.07) is 9.52. The van der Waals surface area contributed by atoms with Crippen molar-refractivity contribution < 1.29 is 13.9 Å². The Morgan fingerprint density at radius 2 is 2.10 bits per heavy atom. The van der Waals surface area contributed by atoms with Gasteiger partial charge in [-0.15, -0.1) is 10.2 Å². The Morgan fingerprint density at radius 3 is 2.80 bits per heavy atom. The van der Waals surface area contributed by atoms with E-state index in [2.05, 4.69) is 29.0 Å². The molecular formula is C22H24N4O3S. The average molecular weight is 425 g/mol. The zero-order valence-corrected chi connectivity index (χ0v) is 18.1. The average Bonchev–Trinajstić information content (AvgIpc) is 3.24. The summed E-state index contributed by atoms with van der Waals surface area (Å²) in [5.41, 5.74) is 3.13. The highest BCUT2D eigenvalue weighted by Gasteiger charge is 2.36. The number of benzene rings is 1. The summed E-state index contributed by atoms with van der Waals surface area (Å²) in [6.07, 6.45) is 3.81. The van der Waals surface area contributed by atoms with Crippen molar-refractivity contribution in [1.82, 2.24) is 15.2 Å². The maximum atomic E-state index is 12.7. The minimum absolute atomic E-state index is 0.166. The predicted molar refractivity (Wildman–Crippen MR) is 116 cm³/mol. The maximum Gasteiger partial charge on any atom is 0.247 e. The molecule has 1 aromatic carbocycles. The molecule has 0 bridgehead atoms. The zero-order valence-electron chi connectivity index (χ0n) is 17.3. The van der Waals surface area contributed by atoms with Gasteiger partial charge < -0.3 is 9.15 Å². The Labute approximate surface area is 179 Å². The van der Waals surface area contributed by atoms with Gasteiger partial charge in [0.05, 0.1) is 12.0 Å². The van der Waals surface area contributed by atoms with Crippen molar-refractivity contribution in [1.29, 1.82) is 0 Å². The molecule has 1 amide bonds. The van der Waals surface area contributed by atoms with Crippen LogP contribution in [0.25, 0.3) is 11.3 Å². The lowest BCUT2D eigenvalue weighted by molar-refractivity contribution is -0.118.